The number of para-hydroxylation sites is 1. The van der Waals surface area contributed by atoms with E-state index in [1.165, 1.54) is 15.6 Å². The summed E-state index contributed by atoms with van der Waals surface area (Å²) < 4.78 is 29.2. The Bertz CT molecular complexity index is 1180. The minimum absolute atomic E-state index is 0.0556. The Labute approximate surface area is 185 Å². The molecule has 5 rings (SSSR count). The number of rotatable bonds is 5. The number of aromatic nitrogens is 2. The molecule has 162 valence electrons. The van der Waals surface area contributed by atoms with E-state index in [1.54, 1.807) is 17.5 Å². The van der Waals surface area contributed by atoms with Gasteiger partial charge in [-0.25, -0.2) is 13.1 Å². The van der Waals surface area contributed by atoms with Crippen LogP contribution in [-0.2, 0) is 27.7 Å². The molecule has 0 saturated carbocycles. The molecule has 0 unspecified atom stereocenters. The molecule has 3 heterocycles. The highest BCUT2D eigenvalue weighted by Gasteiger charge is 2.33. The van der Waals surface area contributed by atoms with Crippen LogP contribution in [0.15, 0.2) is 52.1 Å². The number of piperidine rings is 1. The standard InChI is InChI=1S/C22H24N4O3S2/c27-22(16-11-13-25(14-12-16)31(28,29)20-10-5-15-30-20)23-21-18-8-4-9-19(18)24-26(21)17-6-2-1-3-7-17/h1-3,5-7,10,15-16H,4,8-9,11-14H2,(H,23,27). The lowest BCUT2D eigenvalue weighted by Crippen LogP contribution is -2.41. The zero-order valence-electron chi connectivity index (χ0n) is 17.0. The van der Waals surface area contributed by atoms with Crippen LogP contribution in [0.25, 0.3) is 5.69 Å². The second-order valence-electron chi connectivity index (χ2n) is 7.97. The second kappa shape index (κ2) is 8.22. The Kier molecular flexibility index (Phi) is 5.41. The van der Waals surface area contributed by atoms with Crippen LogP contribution in [0.2, 0.25) is 0 Å². The Hall–Kier alpha value is -2.49. The summed E-state index contributed by atoms with van der Waals surface area (Å²) in [6.45, 7) is 0.711. The third-order valence-electron chi connectivity index (χ3n) is 6.06. The maximum absolute atomic E-state index is 13.1. The topological polar surface area (TPSA) is 84.3 Å². The zero-order valence-corrected chi connectivity index (χ0v) is 18.7. The number of thiophene rings is 1. The summed E-state index contributed by atoms with van der Waals surface area (Å²) in [6.07, 6.45) is 3.91. The van der Waals surface area contributed by atoms with Crippen molar-refractivity contribution in [3.8, 4) is 5.69 Å². The van der Waals surface area contributed by atoms with Gasteiger partial charge in [0.25, 0.3) is 10.0 Å². The molecular weight excluding hydrogens is 432 g/mol. The van der Waals surface area contributed by atoms with Crippen LogP contribution in [0.3, 0.4) is 0 Å². The Balaban J connectivity index is 1.31. The van der Waals surface area contributed by atoms with Gasteiger partial charge in [-0.1, -0.05) is 24.3 Å². The first-order valence-electron chi connectivity index (χ1n) is 10.5. The molecule has 2 aliphatic rings. The van der Waals surface area contributed by atoms with E-state index in [1.807, 2.05) is 35.0 Å². The molecule has 1 amide bonds. The number of hydrogen-bond acceptors (Lipinski definition) is 5. The van der Waals surface area contributed by atoms with E-state index in [0.717, 1.165) is 42.0 Å². The summed E-state index contributed by atoms with van der Waals surface area (Å²) in [6, 6.07) is 13.2. The van der Waals surface area contributed by atoms with Crippen molar-refractivity contribution in [2.75, 3.05) is 18.4 Å². The molecule has 1 aliphatic heterocycles. The van der Waals surface area contributed by atoms with Gasteiger partial charge in [0.05, 0.1) is 11.4 Å². The Morgan fingerprint density at radius 2 is 1.84 bits per heavy atom. The van der Waals surface area contributed by atoms with Crippen LogP contribution in [0.5, 0.6) is 0 Å². The van der Waals surface area contributed by atoms with E-state index in [4.69, 9.17) is 5.10 Å². The first-order valence-corrected chi connectivity index (χ1v) is 12.9. The fourth-order valence-electron chi connectivity index (χ4n) is 4.39. The molecule has 0 atom stereocenters. The summed E-state index contributed by atoms with van der Waals surface area (Å²) in [5.41, 5.74) is 3.09. The smallest absolute Gasteiger partial charge is 0.252 e. The number of sulfonamides is 1. The van der Waals surface area contributed by atoms with Crippen molar-refractivity contribution in [1.82, 2.24) is 14.1 Å². The number of nitrogens with zero attached hydrogens (tertiary/aromatic N) is 3. The van der Waals surface area contributed by atoms with Gasteiger partial charge in [-0.05, 0) is 55.7 Å². The van der Waals surface area contributed by atoms with Crippen LogP contribution in [0, 0.1) is 5.92 Å². The van der Waals surface area contributed by atoms with E-state index in [2.05, 4.69) is 5.32 Å². The minimum atomic E-state index is -3.46. The van der Waals surface area contributed by atoms with Crippen molar-refractivity contribution >= 4 is 33.1 Å². The van der Waals surface area contributed by atoms with Crippen molar-refractivity contribution in [2.24, 2.45) is 5.92 Å². The van der Waals surface area contributed by atoms with Crippen LogP contribution in [-0.4, -0.2) is 41.5 Å². The lowest BCUT2D eigenvalue weighted by molar-refractivity contribution is -0.120. The Morgan fingerprint density at radius 3 is 2.55 bits per heavy atom. The molecule has 1 aliphatic carbocycles. The fourth-order valence-corrected chi connectivity index (χ4v) is 7.01. The molecular formula is C22H24N4O3S2. The fraction of sp³-hybridized carbons (Fsp3) is 0.364. The number of amides is 1. The highest BCUT2D eigenvalue weighted by atomic mass is 32.2. The third kappa shape index (κ3) is 3.81. The molecule has 1 fully saturated rings. The van der Waals surface area contributed by atoms with Gasteiger partial charge in [-0.15, -0.1) is 11.3 Å². The number of fused-ring (bicyclic) bond motifs is 1. The van der Waals surface area contributed by atoms with Gasteiger partial charge >= 0.3 is 0 Å². The van der Waals surface area contributed by atoms with Crippen molar-refractivity contribution in [1.29, 1.82) is 0 Å². The third-order valence-corrected chi connectivity index (χ3v) is 9.34. The highest BCUT2D eigenvalue weighted by Crippen LogP contribution is 2.32. The summed E-state index contributed by atoms with van der Waals surface area (Å²) >= 11 is 1.23. The predicted molar refractivity (Wildman–Crippen MR) is 120 cm³/mol. The number of carbonyl (C=O) groups is 1. The largest absolute Gasteiger partial charge is 0.310 e. The van der Waals surface area contributed by atoms with Crippen LogP contribution in [0.4, 0.5) is 5.82 Å². The molecule has 0 bridgehead atoms. The molecule has 9 heteroatoms. The quantitative estimate of drug-likeness (QED) is 0.637. The molecule has 0 spiro atoms. The molecule has 2 aromatic heterocycles. The number of benzene rings is 1. The monoisotopic (exact) mass is 456 g/mol. The van der Waals surface area contributed by atoms with Gasteiger partial charge in [0.1, 0.15) is 10.0 Å². The average molecular weight is 457 g/mol. The van der Waals surface area contributed by atoms with Crippen molar-refractivity contribution in [3.05, 3.63) is 59.1 Å². The zero-order chi connectivity index (χ0) is 21.4. The molecule has 31 heavy (non-hydrogen) atoms. The summed E-state index contributed by atoms with van der Waals surface area (Å²) in [5.74, 6) is 0.489. The van der Waals surface area contributed by atoms with E-state index in [9.17, 15) is 13.2 Å². The van der Waals surface area contributed by atoms with E-state index in [0.29, 0.717) is 30.1 Å². The molecule has 3 aromatic rings. The van der Waals surface area contributed by atoms with Gasteiger partial charge in [0, 0.05) is 24.6 Å². The van der Waals surface area contributed by atoms with Gasteiger partial charge in [-0.3, -0.25) is 4.79 Å². The SMILES string of the molecule is O=C(Nc1c2c(nn1-c1ccccc1)CCC2)C1CCN(S(=O)(=O)c2cccs2)CC1. The number of aryl methyl sites for hydroxylation is 1. The van der Waals surface area contributed by atoms with E-state index < -0.39 is 10.0 Å². The maximum Gasteiger partial charge on any atom is 0.252 e. The van der Waals surface area contributed by atoms with Gasteiger partial charge < -0.3 is 5.32 Å². The normalized spacial score (nSPS) is 17.5. The highest BCUT2D eigenvalue weighted by molar-refractivity contribution is 7.91. The number of carbonyl (C=O) groups excluding carboxylic acids is 1. The van der Waals surface area contributed by atoms with Crippen LogP contribution >= 0.6 is 11.3 Å². The van der Waals surface area contributed by atoms with Crippen LogP contribution < -0.4 is 5.32 Å². The first kappa shape index (κ1) is 20.4. The maximum atomic E-state index is 13.1. The van der Waals surface area contributed by atoms with Crippen LogP contribution in [0.1, 0.15) is 30.5 Å². The minimum Gasteiger partial charge on any atom is -0.310 e. The Morgan fingerprint density at radius 1 is 1.06 bits per heavy atom. The predicted octanol–water partition coefficient (Wildman–Crippen LogP) is 3.46. The lowest BCUT2D eigenvalue weighted by Gasteiger charge is -2.30. The summed E-state index contributed by atoms with van der Waals surface area (Å²) in [7, 11) is -3.46. The summed E-state index contributed by atoms with van der Waals surface area (Å²) in [4.78, 5) is 13.1. The van der Waals surface area contributed by atoms with E-state index >= 15 is 0 Å². The first-order chi connectivity index (χ1) is 15.0. The van der Waals surface area contributed by atoms with Gasteiger partial charge in [0.15, 0.2) is 0 Å². The number of anilines is 1. The molecule has 1 aromatic carbocycles. The van der Waals surface area contributed by atoms with Crippen molar-refractivity contribution in [3.63, 3.8) is 0 Å². The van der Waals surface area contributed by atoms with Gasteiger partial charge in [-0.2, -0.15) is 9.40 Å². The average Bonchev–Trinajstić information content (AvgIpc) is 3.54. The second-order valence-corrected chi connectivity index (χ2v) is 11.1. The van der Waals surface area contributed by atoms with Gasteiger partial charge in [0.2, 0.25) is 5.91 Å². The molecule has 7 nitrogen and oxygen atoms in total. The van der Waals surface area contributed by atoms with E-state index in [-0.39, 0.29) is 11.8 Å². The molecule has 1 saturated heterocycles. The number of hydrogen-bond donors (Lipinski definition) is 1. The van der Waals surface area contributed by atoms with Crippen molar-refractivity contribution in [2.45, 2.75) is 36.3 Å². The summed E-state index contributed by atoms with van der Waals surface area (Å²) in [5, 5.41) is 9.65. The lowest BCUT2D eigenvalue weighted by atomic mass is 9.97. The molecule has 1 N–H and O–H groups in total. The number of nitrogens with one attached hydrogen (secondary N) is 1. The molecule has 0 radical (unpaired) electrons. The van der Waals surface area contributed by atoms with Crippen molar-refractivity contribution < 1.29 is 13.2 Å².